The number of carbonyl (C=O) groups is 1. The van der Waals surface area contributed by atoms with Gasteiger partial charge in [-0.1, -0.05) is 0 Å². The lowest BCUT2D eigenvalue weighted by Gasteiger charge is -2.21. The summed E-state index contributed by atoms with van der Waals surface area (Å²) in [5.41, 5.74) is 6.92. The molecule has 3 heterocycles. The molecule has 0 saturated carbocycles. The maximum Gasteiger partial charge on any atom is 0.225 e. The van der Waals surface area contributed by atoms with E-state index in [0.717, 1.165) is 29.6 Å². The van der Waals surface area contributed by atoms with E-state index in [9.17, 15) is 4.79 Å². The summed E-state index contributed by atoms with van der Waals surface area (Å²) in [6.45, 7) is 2.81. The highest BCUT2D eigenvalue weighted by Crippen LogP contribution is 2.39. The lowest BCUT2D eigenvalue weighted by Crippen LogP contribution is -2.30. The predicted octanol–water partition coefficient (Wildman–Crippen LogP) is 1.47. The number of aryl methyl sites for hydroxylation is 1. The molecule has 2 aliphatic heterocycles. The van der Waals surface area contributed by atoms with Crippen LogP contribution in [0.4, 0.5) is 5.82 Å². The molecule has 92 valence electrons. The minimum Gasteiger partial charge on any atom is -0.383 e. The molecule has 2 N–H and O–H groups in total. The Balaban J connectivity index is 1.99. The highest BCUT2D eigenvalue weighted by Gasteiger charge is 2.44. The van der Waals surface area contributed by atoms with Gasteiger partial charge in [0.1, 0.15) is 5.82 Å². The first-order valence-electron chi connectivity index (χ1n) is 5.89. The zero-order valence-corrected chi connectivity index (χ0v) is 11.3. The normalized spacial score (nSPS) is 27.9. The summed E-state index contributed by atoms with van der Waals surface area (Å²) in [4.78, 5) is 13.9. The molecule has 0 bridgehead atoms. The van der Waals surface area contributed by atoms with Gasteiger partial charge in [0.2, 0.25) is 5.91 Å². The number of carbonyl (C=O) groups excluding carboxylic acids is 1. The highest BCUT2D eigenvalue weighted by molar-refractivity contribution is 9.10. The first-order valence-corrected chi connectivity index (χ1v) is 6.68. The van der Waals surface area contributed by atoms with E-state index in [1.165, 1.54) is 0 Å². The second kappa shape index (κ2) is 3.73. The molecule has 0 radical (unpaired) electrons. The van der Waals surface area contributed by atoms with Crippen LogP contribution in [0.5, 0.6) is 0 Å². The first-order chi connectivity index (χ1) is 8.09. The topological polar surface area (TPSA) is 64.2 Å². The van der Waals surface area contributed by atoms with Gasteiger partial charge in [-0.2, -0.15) is 5.10 Å². The van der Waals surface area contributed by atoms with Crippen LogP contribution in [-0.4, -0.2) is 33.2 Å². The third kappa shape index (κ3) is 1.50. The minimum absolute atomic E-state index is 0.106. The van der Waals surface area contributed by atoms with Crippen LogP contribution in [0.15, 0.2) is 4.47 Å². The molecule has 3 rings (SSSR count). The van der Waals surface area contributed by atoms with Crippen molar-refractivity contribution in [1.29, 1.82) is 0 Å². The monoisotopic (exact) mass is 298 g/mol. The van der Waals surface area contributed by atoms with Crippen molar-refractivity contribution in [2.75, 3.05) is 12.3 Å². The number of fused-ring (bicyclic) bond motifs is 1. The third-order valence-corrected chi connectivity index (χ3v) is 4.79. The molecule has 1 aromatic heterocycles. The molecule has 0 spiro atoms. The molecule has 0 aliphatic carbocycles. The van der Waals surface area contributed by atoms with Crippen molar-refractivity contribution in [3.8, 4) is 0 Å². The van der Waals surface area contributed by atoms with Gasteiger partial charge in [0.05, 0.1) is 28.7 Å². The smallest absolute Gasteiger partial charge is 0.225 e. The van der Waals surface area contributed by atoms with Crippen LogP contribution in [0.3, 0.4) is 0 Å². The van der Waals surface area contributed by atoms with E-state index < -0.39 is 0 Å². The standard InChI is InChI=1S/C11H15BrN4O/c1-6-10(12)11(13)16(14-6)8-5-9(17)15-4-2-3-7(8)15/h7-8H,2-5,13H2,1H3. The van der Waals surface area contributed by atoms with Crippen molar-refractivity contribution in [2.24, 2.45) is 0 Å². The summed E-state index contributed by atoms with van der Waals surface area (Å²) >= 11 is 3.43. The Morgan fingerprint density at radius 1 is 1.47 bits per heavy atom. The Morgan fingerprint density at radius 2 is 2.24 bits per heavy atom. The van der Waals surface area contributed by atoms with Crippen LogP contribution in [-0.2, 0) is 4.79 Å². The van der Waals surface area contributed by atoms with Gasteiger partial charge in [-0.15, -0.1) is 0 Å². The molecular formula is C11H15BrN4O. The van der Waals surface area contributed by atoms with Gasteiger partial charge in [0, 0.05) is 6.54 Å². The van der Waals surface area contributed by atoms with Gasteiger partial charge < -0.3 is 10.6 Å². The number of hydrogen-bond donors (Lipinski definition) is 1. The van der Waals surface area contributed by atoms with Gasteiger partial charge in [-0.3, -0.25) is 4.79 Å². The second-order valence-corrected chi connectivity index (χ2v) is 5.59. The number of rotatable bonds is 1. The highest BCUT2D eigenvalue weighted by atomic mass is 79.9. The predicted molar refractivity (Wildman–Crippen MR) is 67.5 cm³/mol. The van der Waals surface area contributed by atoms with Crippen molar-refractivity contribution in [1.82, 2.24) is 14.7 Å². The van der Waals surface area contributed by atoms with E-state index in [1.54, 1.807) is 0 Å². The lowest BCUT2D eigenvalue weighted by atomic mass is 10.1. The van der Waals surface area contributed by atoms with Crippen LogP contribution >= 0.6 is 15.9 Å². The maximum atomic E-state index is 11.9. The lowest BCUT2D eigenvalue weighted by molar-refractivity contribution is -0.127. The molecule has 2 aliphatic rings. The zero-order valence-electron chi connectivity index (χ0n) is 9.69. The summed E-state index contributed by atoms with van der Waals surface area (Å²) in [7, 11) is 0. The van der Waals surface area contributed by atoms with E-state index in [2.05, 4.69) is 21.0 Å². The average molecular weight is 299 g/mol. The number of amides is 1. The van der Waals surface area contributed by atoms with Crippen LogP contribution in [0.25, 0.3) is 0 Å². The largest absolute Gasteiger partial charge is 0.383 e. The summed E-state index contributed by atoms with van der Waals surface area (Å²) in [5.74, 6) is 0.871. The Morgan fingerprint density at radius 3 is 2.88 bits per heavy atom. The molecule has 2 saturated heterocycles. The second-order valence-electron chi connectivity index (χ2n) is 4.80. The summed E-state index contributed by atoms with van der Waals surface area (Å²) < 4.78 is 2.68. The van der Waals surface area contributed by atoms with E-state index in [0.29, 0.717) is 12.2 Å². The minimum atomic E-state index is 0.106. The Hall–Kier alpha value is -1.04. The number of nitrogens with zero attached hydrogens (tertiary/aromatic N) is 3. The number of nitrogen functional groups attached to an aromatic ring is 1. The number of aromatic nitrogens is 2. The Labute approximate surface area is 108 Å². The van der Waals surface area contributed by atoms with E-state index in [4.69, 9.17) is 5.73 Å². The van der Waals surface area contributed by atoms with Gasteiger partial charge in [-0.05, 0) is 35.7 Å². The van der Waals surface area contributed by atoms with E-state index >= 15 is 0 Å². The molecule has 2 atom stereocenters. The van der Waals surface area contributed by atoms with Gasteiger partial charge in [-0.25, -0.2) is 4.68 Å². The molecule has 2 fully saturated rings. The molecule has 1 aromatic rings. The van der Waals surface area contributed by atoms with Gasteiger partial charge in [0.15, 0.2) is 0 Å². The van der Waals surface area contributed by atoms with Crippen molar-refractivity contribution in [3.05, 3.63) is 10.2 Å². The summed E-state index contributed by atoms with van der Waals surface area (Å²) in [5, 5.41) is 4.45. The van der Waals surface area contributed by atoms with Gasteiger partial charge in [0.25, 0.3) is 0 Å². The van der Waals surface area contributed by atoms with Gasteiger partial charge >= 0.3 is 0 Å². The Bertz CT molecular complexity index is 484. The van der Waals surface area contributed by atoms with Crippen molar-refractivity contribution in [2.45, 2.75) is 38.3 Å². The van der Waals surface area contributed by atoms with E-state index in [1.807, 2.05) is 16.5 Å². The molecule has 2 unspecified atom stereocenters. The zero-order chi connectivity index (χ0) is 12.2. The molecule has 1 amide bonds. The number of halogens is 1. The van der Waals surface area contributed by atoms with Crippen LogP contribution in [0.2, 0.25) is 0 Å². The Kier molecular flexibility index (Phi) is 2.43. The third-order valence-electron chi connectivity index (χ3n) is 3.81. The van der Waals surface area contributed by atoms with Crippen LogP contribution < -0.4 is 5.73 Å². The fourth-order valence-corrected chi connectivity index (χ4v) is 3.24. The SMILES string of the molecule is Cc1nn(C2CC(=O)N3CCCC23)c(N)c1Br. The number of hydrogen-bond acceptors (Lipinski definition) is 3. The molecule has 0 aromatic carbocycles. The number of nitrogens with two attached hydrogens (primary N) is 1. The average Bonchev–Trinajstić information content (AvgIpc) is 2.94. The maximum absolute atomic E-state index is 11.9. The molecule has 6 heteroatoms. The molecule has 5 nitrogen and oxygen atoms in total. The quantitative estimate of drug-likeness (QED) is 0.854. The first kappa shape index (κ1) is 11.1. The van der Waals surface area contributed by atoms with Crippen LogP contribution in [0, 0.1) is 6.92 Å². The fraction of sp³-hybridized carbons (Fsp3) is 0.636. The van der Waals surface area contributed by atoms with Crippen molar-refractivity contribution in [3.63, 3.8) is 0 Å². The summed E-state index contributed by atoms with van der Waals surface area (Å²) in [6.07, 6.45) is 2.68. The van der Waals surface area contributed by atoms with Crippen LogP contribution in [0.1, 0.15) is 31.0 Å². The van der Waals surface area contributed by atoms with Crippen molar-refractivity contribution < 1.29 is 4.79 Å². The molecule has 17 heavy (non-hydrogen) atoms. The molecular weight excluding hydrogens is 284 g/mol. The van der Waals surface area contributed by atoms with E-state index in [-0.39, 0.29) is 18.0 Å². The summed E-state index contributed by atoms with van der Waals surface area (Å²) in [6, 6.07) is 0.394. The van der Waals surface area contributed by atoms with Crippen molar-refractivity contribution >= 4 is 27.7 Å². The number of anilines is 1. The fourth-order valence-electron chi connectivity index (χ4n) is 2.98.